The summed E-state index contributed by atoms with van der Waals surface area (Å²) in [4.78, 5) is 26.2. The first-order valence-corrected chi connectivity index (χ1v) is 4.99. The summed E-state index contributed by atoms with van der Waals surface area (Å²) in [5, 5.41) is 14.5. The number of hydrogen-bond donors (Lipinski definition) is 2. The van der Waals surface area contributed by atoms with Crippen LogP contribution in [0, 0.1) is 6.92 Å². The van der Waals surface area contributed by atoms with Crippen LogP contribution in [0.1, 0.15) is 26.6 Å². The van der Waals surface area contributed by atoms with Crippen molar-refractivity contribution in [3.8, 4) is 0 Å². The lowest BCUT2D eigenvalue weighted by Crippen LogP contribution is -2.12. The van der Waals surface area contributed by atoms with Crippen LogP contribution in [-0.4, -0.2) is 27.1 Å². The fourth-order valence-corrected chi connectivity index (χ4v) is 1.30. The van der Waals surface area contributed by atoms with E-state index in [1.54, 1.807) is 12.3 Å². The second-order valence-electron chi connectivity index (χ2n) is 3.59. The zero-order valence-electron chi connectivity index (χ0n) is 9.38. The summed E-state index contributed by atoms with van der Waals surface area (Å²) in [6, 6.07) is 2.78. The Hall–Kier alpha value is -2.70. The summed E-state index contributed by atoms with van der Waals surface area (Å²) in [6.45, 7) is 1.83. The molecule has 0 aromatic carbocycles. The zero-order chi connectivity index (χ0) is 13.1. The number of rotatable bonds is 3. The number of aryl methyl sites for hydroxylation is 1. The number of aromatic carboxylic acids is 1. The number of amides is 1. The molecule has 92 valence electrons. The predicted molar refractivity (Wildman–Crippen MR) is 60.4 cm³/mol. The van der Waals surface area contributed by atoms with Crippen molar-refractivity contribution in [3.05, 3.63) is 41.5 Å². The monoisotopic (exact) mass is 247 g/mol. The quantitative estimate of drug-likeness (QED) is 0.847. The molecule has 7 nitrogen and oxygen atoms in total. The summed E-state index contributed by atoms with van der Waals surface area (Å²) in [6.07, 6.45) is 3.12. The van der Waals surface area contributed by atoms with Crippen LogP contribution in [0.25, 0.3) is 0 Å². The van der Waals surface area contributed by atoms with Crippen molar-refractivity contribution in [2.45, 2.75) is 6.92 Å². The molecule has 0 fully saturated rings. The molecule has 0 bridgehead atoms. The number of carbonyl (C=O) groups is 2. The molecule has 0 atom stereocenters. The maximum atomic E-state index is 11.7. The number of pyridine rings is 1. The van der Waals surface area contributed by atoms with Crippen molar-refractivity contribution in [2.24, 2.45) is 0 Å². The molecular weight excluding hydrogens is 238 g/mol. The summed E-state index contributed by atoms with van der Waals surface area (Å²) >= 11 is 0. The fourth-order valence-electron chi connectivity index (χ4n) is 1.30. The van der Waals surface area contributed by atoms with E-state index in [-0.39, 0.29) is 11.5 Å². The smallest absolute Gasteiger partial charge is 0.374 e. The maximum absolute atomic E-state index is 11.7. The van der Waals surface area contributed by atoms with Crippen molar-refractivity contribution in [2.75, 3.05) is 5.32 Å². The number of hydrogen-bond acceptors (Lipinski definition) is 5. The highest BCUT2D eigenvalue weighted by molar-refractivity contribution is 6.03. The first-order valence-electron chi connectivity index (χ1n) is 4.99. The van der Waals surface area contributed by atoms with Gasteiger partial charge >= 0.3 is 5.97 Å². The van der Waals surface area contributed by atoms with E-state index < -0.39 is 11.9 Å². The Morgan fingerprint density at radius 3 is 2.72 bits per heavy atom. The molecule has 0 saturated carbocycles. The minimum absolute atomic E-state index is 0.103. The first kappa shape index (κ1) is 11.8. The van der Waals surface area contributed by atoms with Crippen molar-refractivity contribution in [1.82, 2.24) is 10.1 Å². The lowest BCUT2D eigenvalue weighted by molar-refractivity contribution is 0.0651. The van der Waals surface area contributed by atoms with E-state index in [0.717, 1.165) is 11.6 Å². The van der Waals surface area contributed by atoms with Gasteiger partial charge in [-0.05, 0) is 18.6 Å². The number of carboxylic acid groups (broad SMARTS) is 1. The lowest BCUT2D eigenvalue weighted by Gasteiger charge is -2.02. The Morgan fingerprint density at radius 1 is 1.33 bits per heavy atom. The number of nitrogens with one attached hydrogen (secondary N) is 1. The van der Waals surface area contributed by atoms with E-state index in [4.69, 9.17) is 5.11 Å². The number of carbonyl (C=O) groups excluding carboxylic acids is 1. The molecular formula is C11H9N3O4. The van der Waals surface area contributed by atoms with Crippen LogP contribution in [0.2, 0.25) is 0 Å². The largest absolute Gasteiger partial charge is 0.475 e. The first-order chi connectivity index (χ1) is 8.56. The van der Waals surface area contributed by atoms with E-state index in [1.165, 1.54) is 6.20 Å². The van der Waals surface area contributed by atoms with Gasteiger partial charge in [-0.1, -0.05) is 5.16 Å². The van der Waals surface area contributed by atoms with Gasteiger partial charge in [-0.3, -0.25) is 9.78 Å². The Kier molecular flexibility index (Phi) is 3.05. The normalized spacial score (nSPS) is 10.1. The molecule has 0 saturated heterocycles. The minimum atomic E-state index is -1.28. The maximum Gasteiger partial charge on any atom is 0.374 e. The SMILES string of the molecule is Cc1cncc(NC(=O)c2cc(C(=O)O)on2)c1. The number of aromatic nitrogens is 2. The molecule has 0 unspecified atom stereocenters. The van der Waals surface area contributed by atoms with Gasteiger partial charge in [0.15, 0.2) is 5.69 Å². The van der Waals surface area contributed by atoms with Gasteiger partial charge in [0, 0.05) is 12.3 Å². The second kappa shape index (κ2) is 4.66. The van der Waals surface area contributed by atoms with E-state index >= 15 is 0 Å². The van der Waals surface area contributed by atoms with Crippen molar-refractivity contribution >= 4 is 17.6 Å². The zero-order valence-corrected chi connectivity index (χ0v) is 9.38. The topological polar surface area (TPSA) is 105 Å². The number of nitrogens with zero attached hydrogens (tertiary/aromatic N) is 2. The molecule has 0 aliphatic heterocycles. The van der Waals surface area contributed by atoms with Crippen LogP contribution < -0.4 is 5.32 Å². The second-order valence-corrected chi connectivity index (χ2v) is 3.59. The Balaban J connectivity index is 2.14. The Bertz CT molecular complexity index is 606. The molecule has 1 amide bonds. The fraction of sp³-hybridized carbons (Fsp3) is 0.0909. The van der Waals surface area contributed by atoms with Crippen LogP contribution in [0.3, 0.4) is 0 Å². The van der Waals surface area contributed by atoms with Gasteiger partial charge in [0.1, 0.15) is 0 Å². The summed E-state index contributed by atoms with van der Waals surface area (Å²) < 4.78 is 4.48. The molecule has 18 heavy (non-hydrogen) atoms. The molecule has 2 aromatic heterocycles. The predicted octanol–water partition coefficient (Wildman–Crippen LogP) is 1.33. The highest BCUT2D eigenvalue weighted by atomic mass is 16.5. The van der Waals surface area contributed by atoms with Crippen LogP contribution in [0.4, 0.5) is 5.69 Å². The molecule has 2 N–H and O–H groups in total. The molecule has 2 aromatic rings. The summed E-state index contributed by atoms with van der Waals surface area (Å²) in [7, 11) is 0. The van der Waals surface area contributed by atoms with Gasteiger partial charge in [-0.25, -0.2) is 4.79 Å². The third-order valence-corrected chi connectivity index (χ3v) is 2.09. The Labute approximate surface area is 101 Å². The molecule has 7 heteroatoms. The van der Waals surface area contributed by atoms with E-state index in [2.05, 4.69) is 20.0 Å². The van der Waals surface area contributed by atoms with Gasteiger partial charge in [0.25, 0.3) is 5.91 Å². The molecule has 2 heterocycles. The highest BCUT2D eigenvalue weighted by Gasteiger charge is 2.16. The van der Waals surface area contributed by atoms with Gasteiger partial charge in [0.05, 0.1) is 11.9 Å². The van der Waals surface area contributed by atoms with E-state index in [9.17, 15) is 9.59 Å². The van der Waals surface area contributed by atoms with Gasteiger partial charge < -0.3 is 14.9 Å². The minimum Gasteiger partial charge on any atom is -0.475 e. The molecule has 2 rings (SSSR count). The van der Waals surface area contributed by atoms with Gasteiger partial charge in [0.2, 0.25) is 5.76 Å². The molecule has 0 aliphatic carbocycles. The van der Waals surface area contributed by atoms with Crippen LogP contribution >= 0.6 is 0 Å². The molecule has 0 spiro atoms. The number of anilines is 1. The van der Waals surface area contributed by atoms with Crippen LogP contribution in [0.15, 0.2) is 29.0 Å². The van der Waals surface area contributed by atoms with Crippen LogP contribution in [0.5, 0.6) is 0 Å². The average molecular weight is 247 g/mol. The Morgan fingerprint density at radius 2 is 2.11 bits per heavy atom. The summed E-state index contributed by atoms with van der Waals surface area (Å²) in [5.41, 5.74) is 1.29. The van der Waals surface area contributed by atoms with Gasteiger partial charge in [-0.2, -0.15) is 0 Å². The molecule has 0 aliphatic rings. The standard InChI is InChI=1S/C11H9N3O4/c1-6-2-7(5-12-4-6)13-10(15)8-3-9(11(16)17)18-14-8/h2-5H,1H3,(H,13,15)(H,16,17). The lowest BCUT2D eigenvalue weighted by atomic mass is 10.3. The average Bonchev–Trinajstić information content (AvgIpc) is 2.78. The third-order valence-electron chi connectivity index (χ3n) is 2.09. The van der Waals surface area contributed by atoms with Crippen molar-refractivity contribution in [3.63, 3.8) is 0 Å². The van der Waals surface area contributed by atoms with E-state index in [0.29, 0.717) is 5.69 Å². The summed E-state index contributed by atoms with van der Waals surface area (Å²) in [5.74, 6) is -2.22. The van der Waals surface area contributed by atoms with Crippen LogP contribution in [-0.2, 0) is 0 Å². The van der Waals surface area contributed by atoms with Crippen molar-refractivity contribution < 1.29 is 19.2 Å². The third kappa shape index (κ3) is 2.51. The van der Waals surface area contributed by atoms with Crippen molar-refractivity contribution in [1.29, 1.82) is 0 Å². The molecule has 0 radical (unpaired) electrons. The van der Waals surface area contributed by atoms with E-state index in [1.807, 2.05) is 6.92 Å². The number of carboxylic acids is 1. The highest BCUT2D eigenvalue weighted by Crippen LogP contribution is 2.10. The van der Waals surface area contributed by atoms with Gasteiger partial charge in [-0.15, -0.1) is 0 Å².